The molecule has 0 aromatic carbocycles. The van der Waals surface area contributed by atoms with Crippen molar-refractivity contribution in [3.63, 3.8) is 0 Å². The molecule has 0 spiro atoms. The molecule has 3 aliphatic heterocycles. The van der Waals surface area contributed by atoms with E-state index in [-0.39, 0.29) is 5.92 Å². The number of ether oxygens (including phenoxy) is 1. The van der Waals surface area contributed by atoms with Crippen molar-refractivity contribution < 1.29 is 9.53 Å². The Labute approximate surface area is 160 Å². The van der Waals surface area contributed by atoms with Crippen LogP contribution in [0.4, 0.5) is 11.6 Å². The normalized spacial score (nSPS) is 25.6. The zero-order chi connectivity index (χ0) is 18.6. The molecule has 0 bridgehead atoms. The highest BCUT2D eigenvalue weighted by Crippen LogP contribution is 2.27. The summed E-state index contributed by atoms with van der Waals surface area (Å²) in [6.07, 6.45) is 5.86. The van der Waals surface area contributed by atoms with Crippen LogP contribution in [0.25, 0.3) is 0 Å². The monoisotopic (exact) mass is 374 g/mol. The molecule has 3 saturated heterocycles. The predicted molar refractivity (Wildman–Crippen MR) is 103 cm³/mol. The summed E-state index contributed by atoms with van der Waals surface area (Å²) in [7, 11) is 0. The third-order valence-corrected chi connectivity index (χ3v) is 6.10. The zero-order valence-electron chi connectivity index (χ0n) is 15.9. The first kappa shape index (κ1) is 18.4. The second-order valence-corrected chi connectivity index (χ2v) is 7.79. The predicted octanol–water partition coefficient (Wildman–Crippen LogP) is 0.598. The van der Waals surface area contributed by atoms with E-state index in [1.54, 1.807) is 0 Å². The van der Waals surface area contributed by atoms with Gasteiger partial charge in [-0.2, -0.15) is 0 Å². The van der Waals surface area contributed by atoms with E-state index in [2.05, 4.69) is 19.8 Å². The number of carbonyl (C=O) groups excluding carboxylic acids is 1. The van der Waals surface area contributed by atoms with Crippen LogP contribution in [-0.4, -0.2) is 84.2 Å². The highest BCUT2D eigenvalue weighted by Gasteiger charge is 2.34. The first-order chi connectivity index (χ1) is 13.2. The van der Waals surface area contributed by atoms with E-state index >= 15 is 0 Å². The second kappa shape index (κ2) is 8.39. The molecule has 1 aromatic rings. The Balaban J connectivity index is 1.31. The van der Waals surface area contributed by atoms with E-state index in [1.165, 1.54) is 6.33 Å². The van der Waals surface area contributed by atoms with Gasteiger partial charge in [0.1, 0.15) is 18.0 Å². The quantitative estimate of drug-likeness (QED) is 0.829. The van der Waals surface area contributed by atoms with Crippen LogP contribution in [0, 0.1) is 5.92 Å². The molecule has 4 rings (SSSR count). The van der Waals surface area contributed by atoms with E-state index in [9.17, 15) is 4.79 Å². The van der Waals surface area contributed by atoms with E-state index in [0.29, 0.717) is 31.0 Å². The highest BCUT2D eigenvalue weighted by molar-refractivity contribution is 5.79. The minimum Gasteiger partial charge on any atom is -0.384 e. The van der Waals surface area contributed by atoms with Crippen LogP contribution in [0.2, 0.25) is 0 Å². The molecule has 27 heavy (non-hydrogen) atoms. The third kappa shape index (κ3) is 4.32. The summed E-state index contributed by atoms with van der Waals surface area (Å²) in [5.41, 5.74) is 5.78. The van der Waals surface area contributed by atoms with Gasteiger partial charge in [0, 0.05) is 44.8 Å². The summed E-state index contributed by atoms with van der Waals surface area (Å²) >= 11 is 0. The topological polar surface area (TPSA) is 87.8 Å². The minimum absolute atomic E-state index is 0.150. The van der Waals surface area contributed by atoms with E-state index in [4.69, 9.17) is 10.5 Å². The molecule has 1 unspecified atom stereocenters. The summed E-state index contributed by atoms with van der Waals surface area (Å²) in [4.78, 5) is 28.0. The van der Waals surface area contributed by atoms with Crippen LogP contribution in [0.15, 0.2) is 12.4 Å². The molecular formula is C19H30N6O2. The second-order valence-electron chi connectivity index (χ2n) is 7.79. The number of amides is 1. The van der Waals surface area contributed by atoms with Gasteiger partial charge in [0.25, 0.3) is 0 Å². The molecule has 3 aliphatic rings. The van der Waals surface area contributed by atoms with Crippen molar-refractivity contribution in [2.75, 3.05) is 63.1 Å². The SMILES string of the molecule is Nc1cc(N2CCC(N3CCCC(C(=O)N4CCOCC4)C3)CC2)ncn1. The lowest BCUT2D eigenvalue weighted by atomic mass is 9.92. The van der Waals surface area contributed by atoms with Gasteiger partial charge in [-0.3, -0.25) is 9.69 Å². The number of likely N-dealkylation sites (tertiary alicyclic amines) is 1. The lowest BCUT2D eigenvalue weighted by molar-refractivity contribution is -0.141. The van der Waals surface area contributed by atoms with Gasteiger partial charge < -0.3 is 20.3 Å². The van der Waals surface area contributed by atoms with Crippen LogP contribution in [0.5, 0.6) is 0 Å². The third-order valence-electron chi connectivity index (χ3n) is 6.10. The number of piperidine rings is 2. The smallest absolute Gasteiger partial charge is 0.227 e. The Morgan fingerprint density at radius 2 is 1.85 bits per heavy atom. The number of nitrogens with two attached hydrogens (primary N) is 1. The van der Waals surface area contributed by atoms with Gasteiger partial charge in [-0.25, -0.2) is 9.97 Å². The first-order valence-electron chi connectivity index (χ1n) is 10.1. The molecule has 1 amide bonds. The van der Waals surface area contributed by atoms with Crippen LogP contribution in [0.3, 0.4) is 0 Å². The van der Waals surface area contributed by atoms with Crippen molar-refractivity contribution in [2.24, 2.45) is 5.92 Å². The molecule has 8 nitrogen and oxygen atoms in total. The fourth-order valence-corrected chi connectivity index (χ4v) is 4.58. The Hall–Kier alpha value is -1.93. The lowest BCUT2D eigenvalue weighted by Gasteiger charge is -2.43. The Bertz CT molecular complexity index is 643. The van der Waals surface area contributed by atoms with Crippen LogP contribution < -0.4 is 10.6 Å². The number of nitrogens with zero attached hydrogens (tertiary/aromatic N) is 5. The van der Waals surface area contributed by atoms with Gasteiger partial charge in [-0.1, -0.05) is 0 Å². The molecule has 148 valence electrons. The number of anilines is 2. The number of hydrogen-bond donors (Lipinski definition) is 1. The van der Waals surface area contributed by atoms with E-state index in [1.807, 2.05) is 11.0 Å². The number of morpholine rings is 1. The van der Waals surface area contributed by atoms with E-state index in [0.717, 1.165) is 70.8 Å². The Kier molecular flexibility index (Phi) is 5.73. The van der Waals surface area contributed by atoms with Crippen molar-refractivity contribution in [1.82, 2.24) is 19.8 Å². The van der Waals surface area contributed by atoms with Crippen molar-refractivity contribution in [3.8, 4) is 0 Å². The summed E-state index contributed by atoms with van der Waals surface area (Å²) in [5, 5.41) is 0. The summed E-state index contributed by atoms with van der Waals surface area (Å²) in [5.74, 6) is 1.91. The van der Waals surface area contributed by atoms with Gasteiger partial charge in [0.05, 0.1) is 19.1 Å². The molecule has 8 heteroatoms. The number of aromatic nitrogens is 2. The van der Waals surface area contributed by atoms with Crippen molar-refractivity contribution in [2.45, 2.75) is 31.7 Å². The highest BCUT2D eigenvalue weighted by atomic mass is 16.5. The summed E-state index contributed by atoms with van der Waals surface area (Å²) < 4.78 is 5.38. The maximum atomic E-state index is 12.9. The fourth-order valence-electron chi connectivity index (χ4n) is 4.58. The molecule has 2 N–H and O–H groups in total. The standard InChI is InChI=1S/C19H30N6O2/c20-17-12-18(22-14-21-17)23-6-3-16(4-7-23)25-5-1-2-15(13-25)19(26)24-8-10-27-11-9-24/h12,14-16H,1-11,13H2,(H2,20,21,22). The van der Waals surface area contributed by atoms with Gasteiger partial charge in [-0.05, 0) is 32.2 Å². The molecular weight excluding hydrogens is 344 g/mol. The molecule has 0 saturated carbocycles. The number of nitrogen functional groups attached to an aromatic ring is 1. The molecule has 1 aromatic heterocycles. The summed E-state index contributed by atoms with van der Waals surface area (Å²) in [6, 6.07) is 2.40. The maximum Gasteiger partial charge on any atom is 0.227 e. The minimum atomic E-state index is 0.150. The molecule has 1 atom stereocenters. The number of hydrogen-bond acceptors (Lipinski definition) is 7. The largest absolute Gasteiger partial charge is 0.384 e. The lowest BCUT2D eigenvalue weighted by Crippen LogP contribution is -2.52. The van der Waals surface area contributed by atoms with Gasteiger partial charge in [-0.15, -0.1) is 0 Å². The van der Waals surface area contributed by atoms with Crippen LogP contribution >= 0.6 is 0 Å². The first-order valence-corrected chi connectivity index (χ1v) is 10.1. The van der Waals surface area contributed by atoms with Gasteiger partial charge in [0.2, 0.25) is 5.91 Å². The Morgan fingerprint density at radius 3 is 2.59 bits per heavy atom. The maximum absolute atomic E-state index is 12.9. The van der Waals surface area contributed by atoms with Crippen molar-refractivity contribution >= 4 is 17.5 Å². The number of rotatable bonds is 3. The molecule has 3 fully saturated rings. The average molecular weight is 374 g/mol. The fraction of sp³-hybridized carbons (Fsp3) is 0.737. The van der Waals surface area contributed by atoms with Gasteiger partial charge in [0.15, 0.2) is 0 Å². The average Bonchev–Trinajstić information content (AvgIpc) is 2.74. The van der Waals surface area contributed by atoms with Gasteiger partial charge >= 0.3 is 0 Å². The van der Waals surface area contributed by atoms with Crippen molar-refractivity contribution in [1.29, 1.82) is 0 Å². The molecule has 0 radical (unpaired) electrons. The molecule has 4 heterocycles. The molecule has 0 aliphatic carbocycles. The number of carbonyl (C=O) groups is 1. The van der Waals surface area contributed by atoms with E-state index < -0.39 is 0 Å². The zero-order valence-corrected chi connectivity index (χ0v) is 15.9. The Morgan fingerprint density at radius 1 is 1.07 bits per heavy atom. The summed E-state index contributed by atoms with van der Waals surface area (Å²) in [6.45, 7) is 6.80. The van der Waals surface area contributed by atoms with Crippen molar-refractivity contribution in [3.05, 3.63) is 12.4 Å². The van der Waals surface area contributed by atoms with Crippen LogP contribution in [-0.2, 0) is 9.53 Å². The van der Waals surface area contributed by atoms with Crippen LogP contribution in [0.1, 0.15) is 25.7 Å².